The van der Waals surface area contributed by atoms with E-state index in [1.54, 1.807) is 37.3 Å². The summed E-state index contributed by atoms with van der Waals surface area (Å²) in [6, 6.07) is 9.91. The molecule has 0 radical (unpaired) electrons. The Morgan fingerprint density at radius 2 is 1.79 bits per heavy atom. The molecule has 0 unspecified atom stereocenters. The highest BCUT2D eigenvalue weighted by Gasteiger charge is 2.13. The summed E-state index contributed by atoms with van der Waals surface area (Å²) < 4.78 is 29.1. The molecule has 0 atom stereocenters. The van der Waals surface area contributed by atoms with Gasteiger partial charge in [-0.1, -0.05) is 18.2 Å². The average molecular weight is 333 g/mol. The number of hydrogen-bond acceptors (Lipinski definition) is 4. The molecule has 0 heterocycles. The molecule has 2 aromatic carbocycles. The molecule has 0 aromatic heterocycles. The lowest BCUT2D eigenvalue weighted by Crippen LogP contribution is -2.28. The number of para-hydroxylation sites is 1. The molecule has 128 valence electrons. The van der Waals surface area contributed by atoms with E-state index in [4.69, 9.17) is 14.2 Å². The summed E-state index contributed by atoms with van der Waals surface area (Å²) in [6.45, 7) is 1.79. The first-order chi connectivity index (χ1) is 11.5. The van der Waals surface area contributed by atoms with Crippen molar-refractivity contribution < 1.29 is 23.4 Å². The fraction of sp³-hybridized carbons (Fsp3) is 0.278. The van der Waals surface area contributed by atoms with Crippen LogP contribution in [0, 0.1) is 12.7 Å². The third kappa shape index (κ3) is 4.38. The number of ether oxygens (including phenoxy) is 3. The van der Waals surface area contributed by atoms with Gasteiger partial charge in [-0.15, -0.1) is 0 Å². The zero-order valence-corrected chi connectivity index (χ0v) is 13.9. The molecule has 0 saturated carbocycles. The fourth-order valence-corrected chi connectivity index (χ4v) is 2.17. The third-order valence-electron chi connectivity index (χ3n) is 3.44. The van der Waals surface area contributed by atoms with Crippen LogP contribution in [0.1, 0.15) is 11.1 Å². The number of rotatable bonds is 7. The Balaban J connectivity index is 1.93. The molecule has 1 N–H and O–H groups in total. The summed E-state index contributed by atoms with van der Waals surface area (Å²) in [5.41, 5.74) is 1.36. The molecule has 0 spiro atoms. The second-order valence-corrected chi connectivity index (χ2v) is 5.14. The van der Waals surface area contributed by atoms with Crippen molar-refractivity contribution in [3.05, 3.63) is 53.3 Å². The molecule has 1 amide bonds. The largest absolute Gasteiger partial charge is 0.493 e. The number of benzene rings is 2. The van der Waals surface area contributed by atoms with Crippen molar-refractivity contribution in [1.82, 2.24) is 5.32 Å². The van der Waals surface area contributed by atoms with Gasteiger partial charge in [0.25, 0.3) is 5.91 Å². The fourth-order valence-electron chi connectivity index (χ4n) is 2.17. The Bertz CT molecular complexity index is 696. The van der Waals surface area contributed by atoms with E-state index in [-0.39, 0.29) is 18.3 Å². The second-order valence-electron chi connectivity index (χ2n) is 5.14. The minimum absolute atomic E-state index is 0.184. The van der Waals surface area contributed by atoms with Crippen LogP contribution in [0.2, 0.25) is 0 Å². The second kappa shape index (κ2) is 8.19. The molecular formula is C18H20FNO4. The lowest BCUT2D eigenvalue weighted by Gasteiger charge is -2.14. The summed E-state index contributed by atoms with van der Waals surface area (Å²) in [6.07, 6.45) is 0. The van der Waals surface area contributed by atoms with Crippen molar-refractivity contribution in [3.8, 4) is 17.2 Å². The van der Waals surface area contributed by atoms with E-state index in [0.717, 1.165) is 5.56 Å². The van der Waals surface area contributed by atoms with E-state index in [0.29, 0.717) is 29.4 Å². The number of hydrogen-bond donors (Lipinski definition) is 1. The standard InChI is InChI=1S/C18H20FNO4/c1-12-9-13(7-8-14(12)19)10-20-17(21)11-24-18-15(22-2)5-4-6-16(18)23-3/h4-9H,10-11H2,1-3H3,(H,20,21). The molecule has 24 heavy (non-hydrogen) atoms. The van der Waals surface area contributed by atoms with Crippen LogP contribution in [-0.2, 0) is 11.3 Å². The van der Waals surface area contributed by atoms with Crippen LogP contribution in [0.3, 0.4) is 0 Å². The SMILES string of the molecule is COc1cccc(OC)c1OCC(=O)NCc1ccc(F)c(C)c1. The van der Waals surface area contributed by atoms with E-state index in [1.165, 1.54) is 20.3 Å². The Hall–Kier alpha value is -2.76. The highest BCUT2D eigenvalue weighted by molar-refractivity contribution is 5.77. The van der Waals surface area contributed by atoms with Crippen molar-refractivity contribution in [2.75, 3.05) is 20.8 Å². The van der Waals surface area contributed by atoms with Crippen LogP contribution in [0.4, 0.5) is 4.39 Å². The van der Waals surface area contributed by atoms with Gasteiger partial charge in [0, 0.05) is 6.54 Å². The maximum absolute atomic E-state index is 13.2. The van der Waals surface area contributed by atoms with Crippen molar-refractivity contribution in [2.45, 2.75) is 13.5 Å². The number of aryl methyl sites for hydroxylation is 1. The first-order valence-electron chi connectivity index (χ1n) is 7.40. The van der Waals surface area contributed by atoms with Crippen LogP contribution < -0.4 is 19.5 Å². The van der Waals surface area contributed by atoms with E-state index in [1.807, 2.05) is 0 Å². The van der Waals surface area contributed by atoms with Gasteiger partial charge < -0.3 is 19.5 Å². The Morgan fingerprint density at radius 1 is 1.12 bits per heavy atom. The molecule has 0 aliphatic heterocycles. The number of halogens is 1. The Morgan fingerprint density at radius 3 is 2.38 bits per heavy atom. The van der Waals surface area contributed by atoms with Gasteiger partial charge in [-0.05, 0) is 36.2 Å². The molecule has 0 bridgehead atoms. The molecule has 6 heteroatoms. The van der Waals surface area contributed by atoms with Gasteiger partial charge in [0.15, 0.2) is 18.1 Å². The summed E-state index contributed by atoms with van der Waals surface area (Å²) in [7, 11) is 3.02. The predicted octanol–water partition coefficient (Wildman–Crippen LogP) is 2.85. The monoisotopic (exact) mass is 333 g/mol. The van der Waals surface area contributed by atoms with Crippen LogP contribution in [0.5, 0.6) is 17.2 Å². The van der Waals surface area contributed by atoms with Crippen LogP contribution in [-0.4, -0.2) is 26.7 Å². The molecule has 2 aromatic rings. The number of methoxy groups -OCH3 is 2. The molecule has 0 saturated heterocycles. The maximum Gasteiger partial charge on any atom is 0.258 e. The van der Waals surface area contributed by atoms with E-state index in [9.17, 15) is 9.18 Å². The Labute approximate surface area is 140 Å². The molecule has 0 fully saturated rings. The molecule has 0 aliphatic carbocycles. The predicted molar refractivity (Wildman–Crippen MR) is 88.0 cm³/mol. The molecule has 0 aliphatic rings. The van der Waals surface area contributed by atoms with Crippen molar-refractivity contribution >= 4 is 5.91 Å². The minimum atomic E-state index is -0.301. The number of amides is 1. The van der Waals surface area contributed by atoms with Crippen molar-refractivity contribution in [1.29, 1.82) is 0 Å². The van der Waals surface area contributed by atoms with Gasteiger partial charge in [-0.25, -0.2) is 4.39 Å². The smallest absolute Gasteiger partial charge is 0.258 e. The van der Waals surface area contributed by atoms with E-state index in [2.05, 4.69) is 5.32 Å². The van der Waals surface area contributed by atoms with Crippen molar-refractivity contribution in [3.63, 3.8) is 0 Å². The molecule has 5 nitrogen and oxygen atoms in total. The summed E-state index contributed by atoms with van der Waals surface area (Å²) in [4.78, 5) is 11.9. The minimum Gasteiger partial charge on any atom is -0.493 e. The van der Waals surface area contributed by atoms with E-state index < -0.39 is 0 Å². The van der Waals surface area contributed by atoms with Gasteiger partial charge in [0.05, 0.1) is 14.2 Å². The van der Waals surface area contributed by atoms with Gasteiger partial charge >= 0.3 is 0 Å². The van der Waals surface area contributed by atoms with Gasteiger partial charge in [0.2, 0.25) is 5.75 Å². The number of carbonyl (C=O) groups is 1. The topological polar surface area (TPSA) is 56.8 Å². The highest BCUT2D eigenvalue weighted by Crippen LogP contribution is 2.36. The van der Waals surface area contributed by atoms with E-state index >= 15 is 0 Å². The zero-order valence-electron chi connectivity index (χ0n) is 13.9. The third-order valence-corrected chi connectivity index (χ3v) is 3.44. The van der Waals surface area contributed by atoms with Crippen molar-refractivity contribution in [2.24, 2.45) is 0 Å². The molecular weight excluding hydrogens is 313 g/mol. The number of carbonyl (C=O) groups excluding carboxylic acids is 1. The first kappa shape index (κ1) is 17.6. The van der Waals surface area contributed by atoms with Gasteiger partial charge in [0.1, 0.15) is 5.82 Å². The molecule has 2 rings (SSSR count). The highest BCUT2D eigenvalue weighted by atomic mass is 19.1. The average Bonchev–Trinajstić information content (AvgIpc) is 2.60. The van der Waals surface area contributed by atoms with Gasteiger partial charge in [-0.3, -0.25) is 4.79 Å². The summed E-state index contributed by atoms with van der Waals surface area (Å²) >= 11 is 0. The number of nitrogens with one attached hydrogen (secondary N) is 1. The normalized spacial score (nSPS) is 10.2. The zero-order chi connectivity index (χ0) is 17.5. The summed E-state index contributed by atoms with van der Waals surface area (Å²) in [5.74, 6) is 0.768. The maximum atomic E-state index is 13.2. The quantitative estimate of drug-likeness (QED) is 0.846. The van der Waals surface area contributed by atoms with Crippen LogP contribution in [0.25, 0.3) is 0 Å². The lowest BCUT2D eigenvalue weighted by molar-refractivity contribution is -0.123. The summed E-state index contributed by atoms with van der Waals surface area (Å²) in [5, 5.41) is 2.72. The van der Waals surface area contributed by atoms with Gasteiger partial charge in [-0.2, -0.15) is 0 Å². The Kier molecular flexibility index (Phi) is 6.01. The van der Waals surface area contributed by atoms with Crippen LogP contribution in [0.15, 0.2) is 36.4 Å². The first-order valence-corrected chi connectivity index (χ1v) is 7.40. The lowest BCUT2D eigenvalue weighted by atomic mass is 10.1. The van der Waals surface area contributed by atoms with Crippen LogP contribution >= 0.6 is 0 Å².